The van der Waals surface area contributed by atoms with Crippen molar-refractivity contribution in [3.63, 3.8) is 0 Å². The van der Waals surface area contributed by atoms with E-state index < -0.39 is 124 Å². The van der Waals surface area contributed by atoms with Crippen molar-refractivity contribution in [3.05, 3.63) is 0 Å². The number of rotatable bonds is 44. The van der Waals surface area contributed by atoms with Crippen LogP contribution in [0.15, 0.2) is 0 Å². The number of hydrogen-bond acceptors (Lipinski definition) is 18. The van der Waals surface area contributed by atoms with Crippen molar-refractivity contribution in [2.24, 2.45) is 0 Å². The number of amides is 1. The van der Waals surface area contributed by atoms with Crippen molar-refractivity contribution in [1.29, 1.82) is 0 Å². The fourth-order valence-corrected chi connectivity index (χ4v) is 10.5. The quantitative estimate of drug-likeness (QED) is 0.0364. The predicted octanol–water partition coefficient (Wildman–Crippen LogP) is 4.82. The number of ether oxygens (including phenoxy) is 6. The van der Waals surface area contributed by atoms with E-state index in [2.05, 4.69) is 12.2 Å². The van der Waals surface area contributed by atoms with Crippen LogP contribution in [0.2, 0.25) is 0 Å². The second-order valence-electron chi connectivity index (χ2n) is 21.8. The van der Waals surface area contributed by atoms with Crippen molar-refractivity contribution in [2.45, 2.75) is 324 Å². The van der Waals surface area contributed by atoms with E-state index in [1.807, 2.05) is 0 Å². The lowest BCUT2D eigenvalue weighted by Crippen LogP contribution is -2.66. The molecule has 0 bridgehead atoms. The zero-order valence-electron chi connectivity index (χ0n) is 46.0. The Hall–Kier alpha value is -1.21. The first-order chi connectivity index (χ1) is 36.3. The Balaban J connectivity index is 1.24. The van der Waals surface area contributed by atoms with Crippen molar-refractivity contribution in [3.8, 4) is 0 Å². The van der Waals surface area contributed by atoms with E-state index in [-0.39, 0.29) is 18.9 Å². The van der Waals surface area contributed by atoms with Crippen LogP contribution in [0.5, 0.6) is 0 Å². The summed E-state index contributed by atoms with van der Waals surface area (Å²) in [6.07, 6.45) is 13.7. The molecule has 0 aromatic heterocycles. The molecule has 3 rings (SSSR count). The maximum absolute atomic E-state index is 12.4. The summed E-state index contributed by atoms with van der Waals surface area (Å²) in [5.41, 5.74) is 0. The molecular weight excluding hydrogens is 975 g/mol. The number of carbonyl (C=O) groups excluding carboxylic acids is 1. The molecule has 0 radical (unpaired) electrons. The largest absolute Gasteiger partial charge is 0.394 e. The molecule has 0 spiro atoms. The van der Waals surface area contributed by atoms with Gasteiger partial charge < -0.3 is 89.9 Å². The van der Waals surface area contributed by atoms with Gasteiger partial charge in [-0.2, -0.15) is 0 Å². The van der Waals surface area contributed by atoms with Crippen molar-refractivity contribution < 1.29 is 89.4 Å². The number of aliphatic hydroxyl groups is 11. The summed E-state index contributed by atoms with van der Waals surface area (Å²) in [6.45, 7) is 1.24. The Labute approximate surface area is 449 Å². The van der Waals surface area contributed by atoms with Gasteiger partial charge in [0.15, 0.2) is 18.9 Å². The Bertz CT molecular complexity index is 1390. The molecule has 12 N–H and O–H groups in total. The normalized spacial score (nSPS) is 31.1. The maximum Gasteiger partial charge on any atom is 0.220 e. The van der Waals surface area contributed by atoms with Crippen LogP contribution in [0, 0.1) is 0 Å². The van der Waals surface area contributed by atoms with Gasteiger partial charge in [-0.05, 0) is 6.42 Å². The lowest BCUT2D eigenvalue weighted by molar-refractivity contribution is -0.379. The Morgan fingerprint density at radius 3 is 1.11 bits per heavy atom. The number of nitrogens with one attached hydrogen (secondary N) is 1. The van der Waals surface area contributed by atoms with Gasteiger partial charge in [-0.25, -0.2) is 0 Å². The van der Waals surface area contributed by atoms with E-state index in [1.165, 1.54) is 167 Å². The molecule has 17 unspecified atom stereocenters. The highest BCUT2D eigenvalue weighted by atomic mass is 16.8. The van der Waals surface area contributed by atoms with E-state index in [4.69, 9.17) is 28.4 Å². The predicted molar refractivity (Wildman–Crippen MR) is 282 cm³/mol. The molecule has 3 aliphatic rings. The van der Waals surface area contributed by atoms with Gasteiger partial charge in [0.05, 0.1) is 38.6 Å². The second-order valence-corrected chi connectivity index (χ2v) is 21.8. The number of carbonyl (C=O) groups is 1. The third-order valence-electron chi connectivity index (χ3n) is 15.5. The van der Waals surface area contributed by atoms with Gasteiger partial charge in [0.2, 0.25) is 5.91 Å². The minimum atomic E-state index is -1.97. The molecule has 1 amide bonds. The molecule has 3 heterocycles. The summed E-state index contributed by atoms with van der Waals surface area (Å²) < 4.78 is 33.9. The van der Waals surface area contributed by atoms with Crippen molar-refractivity contribution >= 4 is 5.91 Å². The number of unbranched alkanes of at least 4 members (excludes halogenated alkanes) is 29. The summed E-state index contributed by atoms with van der Waals surface area (Å²) in [4.78, 5) is 12.4. The smallest absolute Gasteiger partial charge is 0.220 e. The average molecular weight is 1080 g/mol. The van der Waals surface area contributed by atoms with E-state index in [9.17, 15) is 61.0 Å². The summed E-state index contributed by atoms with van der Waals surface area (Å²) in [7, 11) is 0. The fourth-order valence-electron chi connectivity index (χ4n) is 10.5. The van der Waals surface area contributed by atoms with E-state index in [0.717, 1.165) is 25.7 Å². The molecule has 0 saturated carbocycles. The van der Waals surface area contributed by atoms with Crippen LogP contribution in [-0.2, 0) is 33.2 Å². The Kier molecular flexibility index (Phi) is 37.1. The van der Waals surface area contributed by atoms with E-state index >= 15 is 0 Å². The number of aliphatic hydroxyl groups excluding tert-OH is 11. The van der Waals surface area contributed by atoms with Crippen LogP contribution in [0.25, 0.3) is 0 Å². The third-order valence-corrected chi connectivity index (χ3v) is 15.5. The van der Waals surface area contributed by atoms with Crippen molar-refractivity contribution in [1.82, 2.24) is 5.32 Å². The molecule has 444 valence electrons. The zero-order valence-corrected chi connectivity index (χ0v) is 46.0. The van der Waals surface area contributed by atoms with Crippen LogP contribution in [0.4, 0.5) is 0 Å². The molecule has 19 nitrogen and oxygen atoms in total. The van der Waals surface area contributed by atoms with Gasteiger partial charge in [0.25, 0.3) is 0 Å². The van der Waals surface area contributed by atoms with Gasteiger partial charge >= 0.3 is 0 Å². The van der Waals surface area contributed by atoms with Gasteiger partial charge in [0, 0.05) is 6.42 Å². The molecular formula is C56H107NO18. The molecule has 0 aliphatic carbocycles. The minimum absolute atomic E-state index is 0.150. The monoisotopic (exact) mass is 1080 g/mol. The molecule has 3 saturated heterocycles. The third kappa shape index (κ3) is 25.4. The highest BCUT2D eigenvalue weighted by Gasteiger charge is 2.53. The van der Waals surface area contributed by atoms with Gasteiger partial charge in [0.1, 0.15) is 73.2 Å². The average Bonchev–Trinajstić information content (AvgIpc) is 3.41. The van der Waals surface area contributed by atoms with Crippen LogP contribution < -0.4 is 5.32 Å². The standard InChI is InChI=1S/C56H107NO18/c1-3-5-6-7-8-9-10-11-12-13-14-15-16-17-18-19-20-21-22-23-24-25-26-27-28-29-30-31-32-33-34-40(61)39(57-44(62)4-2)38-70-54-50(68)47(65)52(42(36-59)72-54)75-56-51(69)48(66)53(43(37-60)73-56)74-55-49(67)46(64)45(63)41(35-58)71-55/h39-43,45-56,58-61,63-69H,3-38H2,1-2H3,(H,57,62). The first kappa shape index (κ1) is 68.1. The lowest BCUT2D eigenvalue weighted by atomic mass is 9.96. The molecule has 3 fully saturated rings. The summed E-state index contributed by atoms with van der Waals surface area (Å²) in [5, 5.41) is 119. The van der Waals surface area contributed by atoms with Gasteiger partial charge in [-0.15, -0.1) is 0 Å². The number of hydrogen-bond donors (Lipinski definition) is 12. The highest BCUT2D eigenvalue weighted by molar-refractivity contribution is 5.75. The molecule has 17 atom stereocenters. The van der Waals surface area contributed by atoms with Crippen LogP contribution in [-0.4, -0.2) is 193 Å². The summed E-state index contributed by atoms with van der Waals surface area (Å²) >= 11 is 0. The molecule has 75 heavy (non-hydrogen) atoms. The zero-order chi connectivity index (χ0) is 54.8. The van der Waals surface area contributed by atoms with Crippen LogP contribution >= 0.6 is 0 Å². The van der Waals surface area contributed by atoms with Crippen LogP contribution in [0.3, 0.4) is 0 Å². The van der Waals surface area contributed by atoms with Gasteiger partial charge in [-0.1, -0.05) is 206 Å². The molecule has 19 heteroatoms. The molecule has 0 aromatic rings. The van der Waals surface area contributed by atoms with E-state index in [0.29, 0.717) is 6.42 Å². The highest BCUT2D eigenvalue weighted by Crippen LogP contribution is 2.33. The lowest BCUT2D eigenvalue weighted by Gasteiger charge is -2.48. The first-order valence-electron chi connectivity index (χ1n) is 29.8. The van der Waals surface area contributed by atoms with Gasteiger partial charge in [-0.3, -0.25) is 4.79 Å². The topological polar surface area (TPSA) is 307 Å². The second kappa shape index (κ2) is 40.9. The van der Waals surface area contributed by atoms with Crippen molar-refractivity contribution in [2.75, 3.05) is 26.4 Å². The Morgan fingerprint density at radius 2 is 0.747 bits per heavy atom. The first-order valence-corrected chi connectivity index (χ1v) is 29.8. The van der Waals surface area contributed by atoms with E-state index in [1.54, 1.807) is 6.92 Å². The molecule has 0 aromatic carbocycles. The minimum Gasteiger partial charge on any atom is -0.394 e. The van der Waals surface area contributed by atoms with Crippen LogP contribution in [0.1, 0.15) is 219 Å². The molecule has 3 aliphatic heterocycles. The fraction of sp³-hybridized carbons (Fsp3) is 0.982. The Morgan fingerprint density at radius 1 is 0.427 bits per heavy atom. The SMILES string of the molecule is CCCCCCCCCCCCCCCCCCCCCCCCCCCCCCCCC(O)C(COC1OC(CO)C(OC2OC(CO)C(OC3OC(CO)C(O)C(O)C3O)C(O)C2O)C(O)C1O)NC(=O)CC. The summed E-state index contributed by atoms with van der Waals surface area (Å²) in [6, 6.07) is -0.878. The summed E-state index contributed by atoms with van der Waals surface area (Å²) in [5.74, 6) is -0.328. The maximum atomic E-state index is 12.4.